The standard InChI is InChI=1S/C18H27NOS/c1-14-4-2-5-15(10-14)12-21-17-6-3-9-18(11-17,13-20)19-16-7-8-16/h2,4-5,10,16-17,19-20H,3,6-9,11-13H2,1H3. The van der Waals surface area contributed by atoms with Gasteiger partial charge in [-0.25, -0.2) is 0 Å². The highest BCUT2D eigenvalue weighted by Crippen LogP contribution is 2.38. The van der Waals surface area contributed by atoms with Crippen LogP contribution in [0.15, 0.2) is 24.3 Å². The molecule has 2 N–H and O–H groups in total. The van der Waals surface area contributed by atoms with Gasteiger partial charge in [0, 0.05) is 22.6 Å². The summed E-state index contributed by atoms with van der Waals surface area (Å²) >= 11 is 2.07. The first-order chi connectivity index (χ1) is 10.2. The molecule has 2 aliphatic rings. The summed E-state index contributed by atoms with van der Waals surface area (Å²) in [6.45, 7) is 2.45. The van der Waals surface area contributed by atoms with Crippen LogP contribution in [0.4, 0.5) is 0 Å². The molecule has 1 aromatic carbocycles. The zero-order chi connectivity index (χ0) is 14.7. The molecule has 2 atom stereocenters. The lowest BCUT2D eigenvalue weighted by Crippen LogP contribution is -2.53. The van der Waals surface area contributed by atoms with E-state index in [1.165, 1.54) is 36.8 Å². The Bertz CT molecular complexity index is 474. The molecule has 2 saturated carbocycles. The van der Waals surface area contributed by atoms with Crippen molar-refractivity contribution in [3.8, 4) is 0 Å². The van der Waals surface area contributed by atoms with Gasteiger partial charge in [-0.15, -0.1) is 0 Å². The second-order valence-corrected chi connectivity index (χ2v) is 8.16. The first-order valence-corrected chi connectivity index (χ1v) is 9.30. The van der Waals surface area contributed by atoms with Crippen molar-refractivity contribution in [2.45, 2.75) is 68.0 Å². The topological polar surface area (TPSA) is 32.3 Å². The lowest BCUT2D eigenvalue weighted by atomic mass is 9.82. The third-order valence-electron chi connectivity index (χ3n) is 4.76. The zero-order valence-electron chi connectivity index (χ0n) is 13.0. The van der Waals surface area contributed by atoms with Crippen LogP contribution in [0, 0.1) is 6.92 Å². The Hall–Kier alpha value is -0.510. The number of rotatable bonds is 6. The minimum absolute atomic E-state index is 0.00366. The molecule has 21 heavy (non-hydrogen) atoms. The molecular weight excluding hydrogens is 278 g/mol. The van der Waals surface area contributed by atoms with Crippen molar-refractivity contribution in [1.82, 2.24) is 5.32 Å². The Morgan fingerprint density at radius 2 is 2.19 bits per heavy atom. The van der Waals surface area contributed by atoms with Crippen LogP contribution in [0.5, 0.6) is 0 Å². The van der Waals surface area contributed by atoms with E-state index in [-0.39, 0.29) is 5.54 Å². The largest absolute Gasteiger partial charge is 0.394 e. The molecule has 0 bridgehead atoms. The Labute approximate surface area is 132 Å². The van der Waals surface area contributed by atoms with E-state index in [0.29, 0.717) is 17.9 Å². The van der Waals surface area contributed by atoms with Crippen LogP contribution >= 0.6 is 11.8 Å². The van der Waals surface area contributed by atoms with E-state index in [1.54, 1.807) is 0 Å². The second-order valence-electron chi connectivity index (χ2n) is 6.88. The number of hydrogen-bond acceptors (Lipinski definition) is 3. The van der Waals surface area contributed by atoms with Gasteiger partial charge < -0.3 is 10.4 Å². The van der Waals surface area contributed by atoms with E-state index in [0.717, 1.165) is 18.6 Å². The second kappa shape index (κ2) is 6.72. The van der Waals surface area contributed by atoms with Crippen LogP contribution in [-0.4, -0.2) is 28.5 Å². The van der Waals surface area contributed by atoms with Crippen molar-refractivity contribution >= 4 is 11.8 Å². The van der Waals surface area contributed by atoms with E-state index >= 15 is 0 Å². The van der Waals surface area contributed by atoms with E-state index < -0.39 is 0 Å². The Balaban J connectivity index is 1.55. The van der Waals surface area contributed by atoms with Crippen LogP contribution in [0.1, 0.15) is 49.7 Å². The van der Waals surface area contributed by atoms with Gasteiger partial charge in [-0.05, 0) is 44.6 Å². The molecule has 0 radical (unpaired) electrons. The number of aliphatic hydroxyl groups is 1. The van der Waals surface area contributed by atoms with Crippen molar-refractivity contribution in [2.24, 2.45) is 0 Å². The number of hydrogen-bond donors (Lipinski definition) is 2. The van der Waals surface area contributed by atoms with E-state index in [2.05, 4.69) is 48.3 Å². The van der Waals surface area contributed by atoms with Crippen LogP contribution in [0.3, 0.4) is 0 Å². The van der Waals surface area contributed by atoms with Crippen molar-refractivity contribution in [3.05, 3.63) is 35.4 Å². The molecule has 3 heteroatoms. The number of thioether (sulfide) groups is 1. The number of aliphatic hydroxyl groups excluding tert-OH is 1. The summed E-state index contributed by atoms with van der Waals surface area (Å²) in [4.78, 5) is 0. The monoisotopic (exact) mass is 305 g/mol. The maximum atomic E-state index is 9.89. The fraction of sp³-hybridized carbons (Fsp3) is 0.667. The molecule has 0 heterocycles. The molecule has 3 rings (SSSR count). The summed E-state index contributed by atoms with van der Waals surface area (Å²) in [5.74, 6) is 1.09. The van der Waals surface area contributed by atoms with Crippen molar-refractivity contribution in [1.29, 1.82) is 0 Å². The normalized spacial score (nSPS) is 29.5. The fourth-order valence-electron chi connectivity index (χ4n) is 3.45. The van der Waals surface area contributed by atoms with Crippen LogP contribution in [0.25, 0.3) is 0 Å². The molecule has 2 unspecified atom stereocenters. The van der Waals surface area contributed by atoms with Crippen molar-refractivity contribution in [2.75, 3.05) is 6.61 Å². The third-order valence-corrected chi connectivity index (χ3v) is 6.13. The molecule has 2 nitrogen and oxygen atoms in total. The van der Waals surface area contributed by atoms with E-state index in [9.17, 15) is 5.11 Å². The minimum Gasteiger partial charge on any atom is -0.394 e. The smallest absolute Gasteiger partial charge is 0.0613 e. The highest BCUT2D eigenvalue weighted by Gasteiger charge is 2.39. The van der Waals surface area contributed by atoms with Crippen LogP contribution in [-0.2, 0) is 5.75 Å². The van der Waals surface area contributed by atoms with Gasteiger partial charge in [0.2, 0.25) is 0 Å². The first kappa shape index (κ1) is 15.4. The lowest BCUT2D eigenvalue weighted by molar-refractivity contribution is 0.122. The van der Waals surface area contributed by atoms with E-state index in [4.69, 9.17) is 0 Å². The quantitative estimate of drug-likeness (QED) is 0.841. The zero-order valence-corrected chi connectivity index (χ0v) is 13.8. The first-order valence-electron chi connectivity index (χ1n) is 8.25. The van der Waals surface area contributed by atoms with Crippen LogP contribution < -0.4 is 5.32 Å². The summed E-state index contributed by atoms with van der Waals surface area (Å²) in [6.07, 6.45) is 7.39. The Morgan fingerprint density at radius 1 is 1.33 bits per heavy atom. The SMILES string of the molecule is Cc1cccc(CSC2CCCC(CO)(NC3CC3)C2)c1. The summed E-state index contributed by atoms with van der Waals surface area (Å²) in [5, 5.41) is 14.3. The van der Waals surface area contributed by atoms with Gasteiger partial charge in [0.1, 0.15) is 0 Å². The Kier molecular flexibility index (Phi) is 4.92. The van der Waals surface area contributed by atoms with E-state index in [1.807, 2.05) is 0 Å². The fourth-order valence-corrected chi connectivity index (χ4v) is 4.83. The average molecular weight is 305 g/mol. The predicted octanol–water partition coefficient (Wildman–Crippen LogP) is 3.65. The summed E-state index contributed by atoms with van der Waals surface area (Å²) in [7, 11) is 0. The maximum Gasteiger partial charge on any atom is 0.0613 e. The minimum atomic E-state index is 0.00366. The predicted molar refractivity (Wildman–Crippen MR) is 90.7 cm³/mol. The molecule has 2 fully saturated rings. The summed E-state index contributed by atoms with van der Waals surface area (Å²) in [6, 6.07) is 9.50. The third kappa shape index (κ3) is 4.24. The molecule has 0 spiro atoms. The maximum absolute atomic E-state index is 9.89. The lowest BCUT2D eigenvalue weighted by Gasteiger charge is -2.40. The number of nitrogens with one attached hydrogen (secondary N) is 1. The summed E-state index contributed by atoms with van der Waals surface area (Å²) < 4.78 is 0. The molecular formula is C18H27NOS. The Morgan fingerprint density at radius 3 is 2.90 bits per heavy atom. The molecule has 116 valence electrons. The van der Waals surface area contributed by atoms with Gasteiger partial charge in [-0.1, -0.05) is 36.2 Å². The van der Waals surface area contributed by atoms with Gasteiger partial charge in [-0.2, -0.15) is 11.8 Å². The van der Waals surface area contributed by atoms with Crippen molar-refractivity contribution < 1.29 is 5.11 Å². The molecule has 0 aromatic heterocycles. The summed E-state index contributed by atoms with van der Waals surface area (Å²) in [5.41, 5.74) is 2.77. The molecule has 0 saturated heterocycles. The van der Waals surface area contributed by atoms with Gasteiger partial charge >= 0.3 is 0 Å². The van der Waals surface area contributed by atoms with Crippen LogP contribution in [0.2, 0.25) is 0 Å². The van der Waals surface area contributed by atoms with Gasteiger partial charge in [0.15, 0.2) is 0 Å². The molecule has 0 aliphatic heterocycles. The highest BCUT2D eigenvalue weighted by atomic mass is 32.2. The molecule has 2 aliphatic carbocycles. The number of aryl methyl sites for hydroxylation is 1. The average Bonchev–Trinajstić information content (AvgIpc) is 3.29. The van der Waals surface area contributed by atoms with Gasteiger partial charge in [0.05, 0.1) is 6.61 Å². The highest BCUT2D eigenvalue weighted by molar-refractivity contribution is 7.99. The van der Waals surface area contributed by atoms with Gasteiger partial charge in [0.25, 0.3) is 0 Å². The van der Waals surface area contributed by atoms with Crippen molar-refractivity contribution in [3.63, 3.8) is 0 Å². The molecule has 0 amide bonds. The molecule has 1 aromatic rings. The van der Waals surface area contributed by atoms with Gasteiger partial charge in [-0.3, -0.25) is 0 Å². The number of benzene rings is 1.